The summed E-state index contributed by atoms with van der Waals surface area (Å²) in [6.45, 7) is 5.56. The van der Waals surface area contributed by atoms with Gasteiger partial charge in [-0.3, -0.25) is 19.4 Å². The molecule has 0 fully saturated rings. The average Bonchev–Trinajstić information content (AvgIpc) is 2.24. The predicted octanol–water partition coefficient (Wildman–Crippen LogP) is 1.51. The van der Waals surface area contributed by atoms with Crippen LogP contribution in [0.4, 0.5) is 0 Å². The van der Waals surface area contributed by atoms with Crippen molar-refractivity contribution in [3.05, 3.63) is 11.8 Å². The van der Waals surface area contributed by atoms with Crippen LogP contribution in [0.15, 0.2) is 16.8 Å². The fourth-order valence-corrected chi connectivity index (χ4v) is 1.34. The molecule has 0 aromatic carbocycles. The molecule has 0 saturated heterocycles. The van der Waals surface area contributed by atoms with E-state index in [1.165, 1.54) is 0 Å². The SMILES string of the molecule is CC1=CC(C)C(=O)C(C)=N1.O=C(O)CCC(=O)O. The van der Waals surface area contributed by atoms with Crippen LogP contribution in [0.1, 0.15) is 33.6 Å². The third-order valence-electron chi connectivity index (χ3n) is 2.16. The lowest BCUT2D eigenvalue weighted by molar-refractivity contribution is -0.143. The van der Waals surface area contributed by atoms with Gasteiger partial charge in [-0.05, 0) is 13.8 Å². The fourth-order valence-electron chi connectivity index (χ4n) is 1.34. The summed E-state index contributed by atoms with van der Waals surface area (Å²) in [6.07, 6.45) is 1.29. The number of carboxylic acid groups (broad SMARTS) is 2. The molecule has 0 radical (unpaired) electrons. The van der Waals surface area contributed by atoms with E-state index in [-0.39, 0.29) is 24.5 Å². The Morgan fingerprint density at radius 1 is 1.22 bits per heavy atom. The number of hydrogen-bond donors (Lipinski definition) is 2. The van der Waals surface area contributed by atoms with E-state index in [1.54, 1.807) is 6.92 Å². The highest BCUT2D eigenvalue weighted by Crippen LogP contribution is 2.12. The number of carbonyl (C=O) groups excluding carboxylic acids is 1. The van der Waals surface area contributed by atoms with Gasteiger partial charge in [-0.25, -0.2) is 0 Å². The van der Waals surface area contributed by atoms with Crippen molar-refractivity contribution in [2.24, 2.45) is 10.9 Å². The van der Waals surface area contributed by atoms with Crippen LogP contribution in [-0.2, 0) is 14.4 Å². The van der Waals surface area contributed by atoms with Gasteiger partial charge in [0.05, 0.1) is 18.6 Å². The van der Waals surface area contributed by atoms with Crippen molar-refractivity contribution in [3.63, 3.8) is 0 Å². The molecule has 0 aromatic heterocycles. The zero-order chi connectivity index (χ0) is 14.3. The van der Waals surface area contributed by atoms with Crippen LogP contribution in [0.25, 0.3) is 0 Å². The third kappa shape index (κ3) is 6.57. The van der Waals surface area contributed by atoms with Crippen molar-refractivity contribution < 1.29 is 24.6 Å². The summed E-state index contributed by atoms with van der Waals surface area (Å²) in [4.78, 5) is 34.4. The standard InChI is InChI=1S/C8H11NO.C4H6O4/c1-5-4-6(2)9-7(3)8(5)10;5-3(6)1-2-4(7)8/h4-5H,1-3H3;1-2H2,(H,5,6)(H,7,8). The maximum Gasteiger partial charge on any atom is 0.303 e. The van der Waals surface area contributed by atoms with Crippen LogP contribution >= 0.6 is 0 Å². The van der Waals surface area contributed by atoms with E-state index < -0.39 is 11.9 Å². The largest absolute Gasteiger partial charge is 0.481 e. The average molecular weight is 255 g/mol. The lowest BCUT2D eigenvalue weighted by atomic mass is 9.99. The summed E-state index contributed by atoms with van der Waals surface area (Å²) in [5.74, 6) is -1.98. The van der Waals surface area contributed by atoms with Gasteiger partial charge >= 0.3 is 11.9 Å². The summed E-state index contributed by atoms with van der Waals surface area (Å²) >= 11 is 0. The van der Waals surface area contributed by atoms with Crippen molar-refractivity contribution in [2.75, 3.05) is 0 Å². The minimum atomic E-state index is -1.08. The molecule has 0 bridgehead atoms. The minimum Gasteiger partial charge on any atom is -0.481 e. The summed E-state index contributed by atoms with van der Waals surface area (Å²) < 4.78 is 0. The van der Waals surface area contributed by atoms with Crippen molar-refractivity contribution in [1.82, 2.24) is 0 Å². The topological polar surface area (TPSA) is 104 Å². The van der Waals surface area contributed by atoms with Gasteiger partial charge in [0.25, 0.3) is 0 Å². The van der Waals surface area contributed by atoms with E-state index in [9.17, 15) is 14.4 Å². The molecule has 1 atom stereocenters. The van der Waals surface area contributed by atoms with Gasteiger partial charge in [0, 0.05) is 11.6 Å². The number of aliphatic carboxylic acids is 2. The molecule has 1 aliphatic rings. The molecular weight excluding hydrogens is 238 g/mol. The van der Waals surface area contributed by atoms with Crippen LogP contribution in [0, 0.1) is 5.92 Å². The maximum absolute atomic E-state index is 11.1. The molecule has 1 aliphatic heterocycles. The highest BCUT2D eigenvalue weighted by atomic mass is 16.4. The van der Waals surface area contributed by atoms with E-state index in [4.69, 9.17) is 10.2 Å². The Balaban J connectivity index is 0.000000331. The second kappa shape index (κ2) is 7.37. The Morgan fingerprint density at radius 3 is 2.00 bits per heavy atom. The van der Waals surface area contributed by atoms with E-state index in [0.29, 0.717) is 5.71 Å². The summed E-state index contributed by atoms with van der Waals surface area (Å²) in [6, 6.07) is 0. The predicted molar refractivity (Wildman–Crippen MR) is 65.5 cm³/mol. The smallest absolute Gasteiger partial charge is 0.303 e. The van der Waals surface area contributed by atoms with E-state index in [1.807, 2.05) is 19.9 Å². The number of ketones is 1. The first-order chi connectivity index (χ1) is 8.23. The monoisotopic (exact) mass is 255 g/mol. The van der Waals surface area contributed by atoms with Gasteiger partial charge < -0.3 is 10.2 Å². The molecule has 18 heavy (non-hydrogen) atoms. The summed E-state index contributed by atoms with van der Waals surface area (Å²) in [5, 5.41) is 15.8. The molecule has 0 aliphatic carbocycles. The Kier molecular flexibility index (Phi) is 6.56. The molecule has 1 unspecified atom stereocenters. The molecule has 1 rings (SSSR count). The van der Waals surface area contributed by atoms with Crippen LogP contribution in [0.3, 0.4) is 0 Å². The molecular formula is C12H17NO5. The molecule has 0 spiro atoms. The molecule has 0 aromatic rings. The number of rotatable bonds is 3. The van der Waals surface area contributed by atoms with Gasteiger partial charge in [-0.15, -0.1) is 0 Å². The van der Waals surface area contributed by atoms with Crippen LogP contribution < -0.4 is 0 Å². The zero-order valence-electron chi connectivity index (χ0n) is 10.6. The molecule has 2 N–H and O–H groups in total. The minimum absolute atomic E-state index is 0.0255. The quantitative estimate of drug-likeness (QED) is 0.795. The van der Waals surface area contributed by atoms with E-state index in [2.05, 4.69) is 4.99 Å². The number of allylic oxidation sites excluding steroid dienone is 2. The molecule has 0 saturated carbocycles. The van der Waals surface area contributed by atoms with Gasteiger partial charge in [-0.2, -0.15) is 0 Å². The van der Waals surface area contributed by atoms with Gasteiger partial charge in [-0.1, -0.05) is 13.0 Å². The number of aliphatic imine (C=N–C) groups is 1. The first-order valence-corrected chi connectivity index (χ1v) is 5.45. The number of nitrogens with zero attached hydrogens (tertiary/aromatic N) is 1. The Morgan fingerprint density at radius 2 is 1.67 bits per heavy atom. The van der Waals surface area contributed by atoms with Gasteiger partial charge in [0.1, 0.15) is 0 Å². The number of carboxylic acids is 2. The third-order valence-corrected chi connectivity index (χ3v) is 2.16. The highest BCUT2D eigenvalue weighted by Gasteiger charge is 2.17. The second-order valence-electron chi connectivity index (χ2n) is 3.95. The zero-order valence-corrected chi connectivity index (χ0v) is 10.6. The van der Waals surface area contributed by atoms with Crippen LogP contribution in [-0.4, -0.2) is 33.6 Å². The fraction of sp³-hybridized carbons (Fsp3) is 0.500. The van der Waals surface area contributed by atoms with Crippen molar-refractivity contribution >= 4 is 23.4 Å². The van der Waals surface area contributed by atoms with Gasteiger partial charge in [0.2, 0.25) is 0 Å². The lowest BCUT2D eigenvalue weighted by Gasteiger charge is -2.10. The molecule has 6 nitrogen and oxygen atoms in total. The number of carbonyl (C=O) groups is 3. The summed E-state index contributed by atoms with van der Waals surface area (Å²) in [7, 11) is 0. The lowest BCUT2D eigenvalue weighted by Crippen LogP contribution is -2.20. The molecule has 1 heterocycles. The number of Topliss-reactive ketones (excluding diaryl/α,β-unsaturated/α-hetero) is 1. The Bertz CT molecular complexity index is 395. The van der Waals surface area contributed by atoms with Crippen molar-refractivity contribution in [3.8, 4) is 0 Å². The summed E-state index contributed by atoms with van der Waals surface area (Å²) in [5.41, 5.74) is 1.58. The number of hydrogen-bond acceptors (Lipinski definition) is 4. The van der Waals surface area contributed by atoms with Crippen molar-refractivity contribution in [2.45, 2.75) is 33.6 Å². The van der Waals surface area contributed by atoms with Crippen molar-refractivity contribution in [1.29, 1.82) is 0 Å². The molecule has 0 amide bonds. The van der Waals surface area contributed by atoms with Crippen LogP contribution in [0.2, 0.25) is 0 Å². The first-order valence-electron chi connectivity index (χ1n) is 5.45. The molecule has 6 heteroatoms. The Hall–Kier alpha value is -1.98. The first kappa shape index (κ1) is 16.0. The van der Waals surface area contributed by atoms with Gasteiger partial charge in [0.15, 0.2) is 5.78 Å². The highest BCUT2D eigenvalue weighted by molar-refractivity contribution is 6.40. The normalized spacial score (nSPS) is 18.2. The Labute approximate surface area is 105 Å². The van der Waals surface area contributed by atoms with E-state index in [0.717, 1.165) is 5.70 Å². The maximum atomic E-state index is 11.1. The molecule has 100 valence electrons. The van der Waals surface area contributed by atoms with E-state index >= 15 is 0 Å². The second-order valence-corrected chi connectivity index (χ2v) is 3.95. The van der Waals surface area contributed by atoms with Crippen LogP contribution in [0.5, 0.6) is 0 Å².